The molecule has 6 nitrogen and oxygen atoms in total. The summed E-state index contributed by atoms with van der Waals surface area (Å²) in [6, 6.07) is 3.44. The molecule has 0 aromatic carbocycles. The number of rotatable bonds is 5. The molecule has 4 rings (SSSR count). The molecule has 1 atom stereocenters. The third-order valence-electron chi connectivity index (χ3n) is 4.62. The quantitative estimate of drug-likeness (QED) is 0.848. The standard InChI is InChI=1S/C17H21N3O3/c1-19-11-18-14-8-20(17(21)15-3-2-6-23-15)7-13(16(14)19)10-22-9-12-4-5-12/h2-3,6,11-13H,4-5,7-10H2,1H3. The van der Waals surface area contributed by atoms with E-state index in [-0.39, 0.29) is 11.8 Å². The van der Waals surface area contributed by atoms with Crippen LogP contribution in [-0.2, 0) is 18.3 Å². The Labute approximate surface area is 135 Å². The highest BCUT2D eigenvalue weighted by Gasteiger charge is 2.33. The van der Waals surface area contributed by atoms with E-state index in [4.69, 9.17) is 9.15 Å². The van der Waals surface area contributed by atoms with Gasteiger partial charge >= 0.3 is 0 Å². The van der Waals surface area contributed by atoms with Crippen LogP contribution in [0.25, 0.3) is 0 Å². The molecule has 0 radical (unpaired) electrons. The highest BCUT2D eigenvalue weighted by atomic mass is 16.5. The number of ether oxygens (including phenoxy) is 1. The lowest BCUT2D eigenvalue weighted by Crippen LogP contribution is -2.40. The Morgan fingerprint density at radius 3 is 3.04 bits per heavy atom. The van der Waals surface area contributed by atoms with Crippen LogP contribution in [0.1, 0.15) is 40.7 Å². The Morgan fingerprint density at radius 1 is 1.43 bits per heavy atom. The second kappa shape index (κ2) is 5.85. The van der Waals surface area contributed by atoms with E-state index in [2.05, 4.69) is 9.55 Å². The van der Waals surface area contributed by atoms with Gasteiger partial charge in [0.2, 0.25) is 0 Å². The minimum Gasteiger partial charge on any atom is -0.459 e. The van der Waals surface area contributed by atoms with Crippen molar-refractivity contribution in [2.75, 3.05) is 19.8 Å². The summed E-state index contributed by atoms with van der Waals surface area (Å²) in [6.45, 7) is 2.62. The Kier molecular flexibility index (Phi) is 3.69. The van der Waals surface area contributed by atoms with Gasteiger partial charge in [0.25, 0.3) is 5.91 Å². The van der Waals surface area contributed by atoms with E-state index in [1.807, 2.05) is 13.4 Å². The van der Waals surface area contributed by atoms with Gasteiger partial charge in [0.15, 0.2) is 5.76 Å². The average Bonchev–Trinajstić information content (AvgIpc) is 3.07. The van der Waals surface area contributed by atoms with Crippen LogP contribution in [0.2, 0.25) is 0 Å². The molecule has 1 aliphatic heterocycles. The van der Waals surface area contributed by atoms with Crippen LogP contribution < -0.4 is 0 Å². The fraction of sp³-hybridized carbons (Fsp3) is 0.529. The van der Waals surface area contributed by atoms with E-state index < -0.39 is 0 Å². The average molecular weight is 315 g/mol. The van der Waals surface area contributed by atoms with E-state index >= 15 is 0 Å². The molecule has 1 amide bonds. The largest absolute Gasteiger partial charge is 0.459 e. The van der Waals surface area contributed by atoms with Crippen molar-refractivity contribution in [2.45, 2.75) is 25.3 Å². The van der Waals surface area contributed by atoms with Crippen LogP contribution in [-0.4, -0.2) is 40.1 Å². The number of carbonyl (C=O) groups is 1. The van der Waals surface area contributed by atoms with Gasteiger partial charge in [-0.1, -0.05) is 0 Å². The summed E-state index contributed by atoms with van der Waals surface area (Å²) in [7, 11) is 2.00. The van der Waals surface area contributed by atoms with Crippen LogP contribution in [0, 0.1) is 5.92 Å². The van der Waals surface area contributed by atoms with Crippen molar-refractivity contribution in [2.24, 2.45) is 13.0 Å². The molecule has 1 unspecified atom stereocenters. The van der Waals surface area contributed by atoms with Crippen molar-refractivity contribution in [1.82, 2.24) is 14.5 Å². The molecule has 0 bridgehead atoms. The predicted molar refractivity (Wildman–Crippen MR) is 82.9 cm³/mol. The van der Waals surface area contributed by atoms with Gasteiger partial charge < -0.3 is 18.6 Å². The maximum absolute atomic E-state index is 12.6. The van der Waals surface area contributed by atoms with Gasteiger partial charge in [-0.15, -0.1) is 0 Å². The van der Waals surface area contributed by atoms with Crippen molar-refractivity contribution in [3.63, 3.8) is 0 Å². The molecular weight excluding hydrogens is 294 g/mol. The van der Waals surface area contributed by atoms with Crippen LogP contribution in [0.4, 0.5) is 0 Å². The SMILES string of the molecule is Cn1cnc2c1C(COCC1CC1)CN(C(=O)c1ccco1)C2. The number of amides is 1. The maximum atomic E-state index is 12.6. The summed E-state index contributed by atoms with van der Waals surface area (Å²) >= 11 is 0. The van der Waals surface area contributed by atoms with E-state index in [0.717, 1.165) is 18.2 Å². The highest BCUT2D eigenvalue weighted by molar-refractivity contribution is 5.91. The minimum absolute atomic E-state index is 0.0847. The monoisotopic (exact) mass is 315 g/mol. The Hall–Kier alpha value is -2.08. The van der Waals surface area contributed by atoms with Crippen LogP contribution in [0.5, 0.6) is 0 Å². The number of aromatic nitrogens is 2. The molecule has 1 saturated carbocycles. The second-order valence-electron chi connectivity index (χ2n) is 6.53. The smallest absolute Gasteiger partial charge is 0.289 e. The molecule has 23 heavy (non-hydrogen) atoms. The topological polar surface area (TPSA) is 60.5 Å². The van der Waals surface area contributed by atoms with Crippen molar-refractivity contribution in [3.05, 3.63) is 41.9 Å². The molecule has 0 saturated heterocycles. The summed E-state index contributed by atoms with van der Waals surface area (Å²) in [4.78, 5) is 18.8. The maximum Gasteiger partial charge on any atom is 0.289 e. The van der Waals surface area contributed by atoms with E-state index in [9.17, 15) is 4.79 Å². The molecule has 2 aliphatic rings. The number of carbonyl (C=O) groups excluding carboxylic acids is 1. The molecule has 2 aromatic heterocycles. The summed E-state index contributed by atoms with van der Waals surface area (Å²) in [5, 5.41) is 0. The molecule has 0 spiro atoms. The number of aryl methyl sites for hydroxylation is 1. The molecule has 2 aromatic rings. The summed E-state index contributed by atoms with van der Waals surface area (Å²) in [5.41, 5.74) is 2.14. The molecule has 6 heteroatoms. The van der Waals surface area contributed by atoms with Crippen LogP contribution >= 0.6 is 0 Å². The van der Waals surface area contributed by atoms with Gasteiger partial charge in [0.05, 0.1) is 31.4 Å². The van der Waals surface area contributed by atoms with Gasteiger partial charge in [-0.05, 0) is 30.9 Å². The fourth-order valence-corrected chi connectivity index (χ4v) is 3.24. The van der Waals surface area contributed by atoms with Gasteiger partial charge in [-0.3, -0.25) is 4.79 Å². The molecule has 3 heterocycles. The van der Waals surface area contributed by atoms with E-state index in [1.54, 1.807) is 17.0 Å². The zero-order valence-corrected chi connectivity index (χ0v) is 13.3. The number of furan rings is 1. The number of imidazole rings is 1. The molecule has 1 fully saturated rings. The highest BCUT2D eigenvalue weighted by Crippen LogP contribution is 2.31. The van der Waals surface area contributed by atoms with Gasteiger partial charge in [-0.25, -0.2) is 4.98 Å². The van der Waals surface area contributed by atoms with Crippen molar-refractivity contribution < 1.29 is 13.9 Å². The van der Waals surface area contributed by atoms with Crippen molar-refractivity contribution in [1.29, 1.82) is 0 Å². The number of fused-ring (bicyclic) bond motifs is 1. The molecular formula is C17H21N3O3. The third-order valence-corrected chi connectivity index (χ3v) is 4.62. The number of hydrogen-bond donors (Lipinski definition) is 0. The third kappa shape index (κ3) is 2.91. The van der Waals surface area contributed by atoms with E-state index in [1.165, 1.54) is 24.8 Å². The lowest BCUT2D eigenvalue weighted by molar-refractivity contribution is 0.0591. The summed E-state index contributed by atoms with van der Waals surface area (Å²) in [6.07, 6.45) is 5.91. The molecule has 0 N–H and O–H groups in total. The second-order valence-corrected chi connectivity index (χ2v) is 6.53. The van der Waals surface area contributed by atoms with Gasteiger partial charge in [-0.2, -0.15) is 0 Å². The fourth-order valence-electron chi connectivity index (χ4n) is 3.24. The minimum atomic E-state index is -0.0847. The van der Waals surface area contributed by atoms with Crippen LogP contribution in [0.15, 0.2) is 29.1 Å². The lowest BCUT2D eigenvalue weighted by atomic mass is 9.98. The van der Waals surface area contributed by atoms with Gasteiger partial charge in [0, 0.05) is 31.8 Å². The zero-order chi connectivity index (χ0) is 15.8. The Bertz CT molecular complexity index is 688. The molecule has 122 valence electrons. The first-order chi connectivity index (χ1) is 11.2. The first kappa shape index (κ1) is 14.5. The number of hydrogen-bond acceptors (Lipinski definition) is 4. The van der Waals surface area contributed by atoms with Crippen molar-refractivity contribution in [3.8, 4) is 0 Å². The summed E-state index contributed by atoms with van der Waals surface area (Å²) < 4.78 is 13.2. The number of nitrogens with zero attached hydrogens (tertiary/aromatic N) is 3. The lowest BCUT2D eigenvalue weighted by Gasteiger charge is -2.32. The first-order valence-electron chi connectivity index (χ1n) is 8.13. The van der Waals surface area contributed by atoms with Gasteiger partial charge in [0.1, 0.15) is 0 Å². The van der Waals surface area contributed by atoms with Crippen LogP contribution in [0.3, 0.4) is 0 Å². The van der Waals surface area contributed by atoms with E-state index in [0.29, 0.717) is 25.5 Å². The Morgan fingerprint density at radius 2 is 2.30 bits per heavy atom. The Balaban J connectivity index is 1.51. The summed E-state index contributed by atoms with van der Waals surface area (Å²) in [5.74, 6) is 1.19. The molecule has 1 aliphatic carbocycles. The predicted octanol–water partition coefficient (Wildman–Crippen LogP) is 2.18. The zero-order valence-electron chi connectivity index (χ0n) is 13.3. The normalized spacial score (nSPS) is 20.6. The first-order valence-corrected chi connectivity index (χ1v) is 8.13. The van der Waals surface area contributed by atoms with Crippen molar-refractivity contribution >= 4 is 5.91 Å².